The van der Waals surface area contributed by atoms with Gasteiger partial charge in [-0.05, 0) is 24.8 Å². The predicted octanol–water partition coefficient (Wildman–Crippen LogP) is 3.24. The molecule has 1 unspecified atom stereocenters. The van der Waals surface area contributed by atoms with Crippen molar-refractivity contribution in [2.75, 3.05) is 23.8 Å². The highest BCUT2D eigenvalue weighted by Crippen LogP contribution is 2.26. The van der Waals surface area contributed by atoms with Gasteiger partial charge >= 0.3 is 0 Å². The molecule has 0 heterocycles. The molecule has 6 nitrogen and oxygen atoms in total. The van der Waals surface area contributed by atoms with E-state index >= 15 is 0 Å². The molecule has 0 fully saturated rings. The Labute approximate surface area is 125 Å². The van der Waals surface area contributed by atoms with E-state index in [1.165, 1.54) is 12.1 Å². The van der Waals surface area contributed by atoms with Gasteiger partial charge in [-0.2, -0.15) is 0 Å². The van der Waals surface area contributed by atoms with E-state index < -0.39 is 4.92 Å². The molecular formula is C15H25N3O3. The van der Waals surface area contributed by atoms with Gasteiger partial charge in [-0.15, -0.1) is 0 Å². The van der Waals surface area contributed by atoms with E-state index in [1.807, 2.05) is 13.0 Å². The Bertz CT molecular complexity index is 463. The Hall–Kier alpha value is -1.82. The van der Waals surface area contributed by atoms with Crippen LogP contribution in [0.3, 0.4) is 0 Å². The number of nitrogens with zero attached hydrogens (tertiary/aromatic N) is 1. The normalized spacial score (nSPS) is 12.2. The number of hydrogen-bond acceptors (Lipinski definition) is 5. The summed E-state index contributed by atoms with van der Waals surface area (Å²) in [5.74, 6) is 0.323. The van der Waals surface area contributed by atoms with Crippen LogP contribution in [-0.2, 0) is 0 Å². The summed E-state index contributed by atoms with van der Waals surface area (Å²) in [5.41, 5.74) is 1.50. The summed E-state index contributed by atoms with van der Waals surface area (Å²) in [4.78, 5) is 10.6. The maximum Gasteiger partial charge on any atom is 0.273 e. The van der Waals surface area contributed by atoms with Crippen LogP contribution in [0.25, 0.3) is 0 Å². The molecule has 0 spiro atoms. The highest BCUT2D eigenvalue weighted by Gasteiger charge is 2.15. The second-order valence-electron chi connectivity index (χ2n) is 5.46. The zero-order valence-corrected chi connectivity index (χ0v) is 12.9. The standard InChI is InChI=1S/C15H25N3O3/c1-4-6-16-12-8-13(10-14(9-12)18(20)21)17-15(5-7-19)11(2)3/h8-11,15-17,19H,4-7H2,1-3H3. The molecular weight excluding hydrogens is 270 g/mol. The van der Waals surface area contributed by atoms with Crippen molar-refractivity contribution < 1.29 is 10.0 Å². The molecule has 0 bridgehead atoms. The molecule has 1 aromatic carbocycles. The van der Waals surface area contributed by atoms with Crippen LogP contribution in [-0.4, -0.2) is 29.2 Å². The first-order valence-electron chi connectivity index (χ1n) is 7.38. The first kappa shape index (κ1) is 17.2. The van der Waals surface area contributed by atoms with E-state index in [0.717, 1.165) is 18.7 Å². The summed E-state index contributed by atoms with van der Waals surface area (Å²) in [7, 11) is 0. The van der Waals surface area contributed by atoms with Crippen LogP contribution in [0, 0.1) is 16.0 Å². The van der Waals surface area contributed by atoms with Gasteiger partial charge in [0, 0.05) is 42.7 Å². The smallest absolute Gasteiger partial charge is 0.273 e. The van der Waals surface area contributed by atoms with Gasteiger partial charge in [-0.25, -0.2) is 0 Å². The van der Waals surface area contributed by atoms with Crippen LogP contribution in [0.2, 0.25) is 0 Å². The molecule has 1 aromatic rings. The summed E-state index contributed by atoms with van der Waals surface area (Å²) >= 11 is 0. The van der Waals surface area contributed by atoms with Crippen molar-refractivity contribution in [2.45, 2.75) is 39.7 Å². The van der Waals surface area contributed by atoms with Crippen LogP contribution in [0.4, 0.5) is 17.1 Å². The van der Waals surface area contributed by atoms with E-state index in [0.29, 0.717) is 18.0 Å². The van der Waals surface area contributed by atoms with Gasteiger partial charge in [0.15, 0.2) is 0 Å². The van der Waals surface area contributed by atoms with Gasteiger partial charge in [0.2, 0.25) is 0 Å². The van der Waals surface area contributed by atoms with E-state index in [1.54, 1.807) is 0 Å². The van der Waals surface area contributed by atoms with Crippen LogP contribution >= 0.6 is 0 Å². The topological polar surface area (TPSA) is 87.4 Å². The van der Waals surface area contributed by atoms with E-state index in [4.69, 9.17) is 5.11 Å². The van der Waals surface area contributed by atoms with Gasteiger partial charge in [-0.3, -0.25) is 10.1 Å². The Morgan fingerprint density at radius 1 is 1.29 bits per heavy atom. The minimum absolute atomic E-state index is 0.0603. The molecule has 21 heavy (non-hydrogen) atoms. The lowest BCUT2D eigenvalue weighted by Crippen LogP contribution is -2.26. The molecule has 0 aliphatic carbocycles. The summed E-state index contributed by atoms with van der Waals surface area (Å²) in [5, 5.41) is 26.6. The second-order valence-corrected chi connectivity index (χ2v) is 5.46. The largest absolute Gasteiger partial charge is 0.396 e. The molecule has 1 atom stereocenters. The third kappa shape index (κ3) is 5.59. The van der Waals surface area contributed by atoms with Crippen molar-refractivity contribution >= 4 is 17.1 Å². The minimum atomic E-state index is -0.390. The van der Waals surface area contributed by atoms with Gasteiger partial charge in [0.05, 0.1) is 4.92 Å². The van der Waals surface area contributed by atoms with Crippen LogP contribution < -0.4 is 10.6 Å². The number of aliphatic hydroxyl groups excluding tert-OH is 1. The highest BCUT2D eigenvalue weighted by atomic mass is 16.6. The molecule has 0 aromatic heterocycles. The van der Waals surface area contributed by atoms with Gasteiger partial charge in [0.25, 0.3) is 5.69 Å². The average molecular weight is 295 g/mol. The van der Waals surface area contributed by atoms with Crippen molar-refractivity contribution in [1.82, 2.24) is 0 Å². The molecule has 0 aliphatic rings. The number of nitrogens with one attached hydrogen (secondary N) is 2. The van der Waals surface area contributed by atoms with Gasteiger partial charge in [-0.1, -0.05) is 20.8 Å². The number of rotatable bonds is 9. The Balaban J connectivity index is 2.98. The lowest BCUT2D eigenvalue weighted by atomic mass is 10.0. The first-order chi connectivity index (χ1) is 9.97. The van der Waals surface area contributed by atoms with Crippen molar-refractivity contribution in [3.05, 3.63) is 28.3 Å². The first-order valence-corrected chi connectivity index (χ1v) is 7.38. The number of nitro benzene ring substituents is 1. The highest BCUT2D eigenvalue weighted by molar-refractivity contribution is 5.63. The maximum atomic E-state index is 11.0. The molecule has 1 rings (SSSR count). The molecule has 0 saturated heterocycles. The lowest BCUT2D eigenvalue weighted by molar-refractivity contribution is -0.384. The monoisotopic (exact) mass is 295 g/mol. The van der Waals surface area contributed by atoms with E-state index in [-0.39, 0.29) is 18.3 Å². The quantitative estimate of drug-likeness (QED) is 0.481. The lowest BCUT2D eigenvalue weighted by Gasteiger charge is -2.23. The Kier molecular flexibility index (Phi) is 6.94. The van der Waals surface area contributed by atoms with Crippen LogP contribution in [0.5, 0.6) is 0 Å². The summed E-state index contributed by atoms with van der Waals surface area (Å²) in [6.45, 7) is 7.01. The third-order valence-electron chi connectivity index (χ3n) is 3.30. The fraction of sp³-hybridized carbons (Fsp3) is 0.600. The summed E-state index contributed by atoms with van der Waals surface area (Å²) in [6, 6.07) is 5.02. The van der Waals surface area contributed by atoms with Crippen molar-refractivity contribution in [3.63, 3.8) is 0 Å². The minimum Gasteiger partial charge on any atom is -0.396 e. The fourth-order valence-corrected chi connectivity index (χ4v) is 2.10. The number of aliphatic hydroxyl groups is 1. The summed E-state index contributed by atoms with van der Waals surface area (Å²) < 4.78 is 0. The zero-order valence-electron chi connectivity index (χ0n) is 12.9. The number of nitro groups is 1. The molecule has 0 saturated carbocycles. The van der Waals surface area contributed by atoms with Crippen molar-refractivity contribution in [2.24, 2.45) is 5.92 Å². The number of hydrogen-bond donors (Lipinski definition) is 3. The number of anilines is 2. The SMILES string of the molecule is CCCNc1cc(NC(CCO)C(C)C)cc([N+](=O)[O-])c1. The predicted molar refractivity (Wildman–Crippen MR) is 85.8 cm³/mol. The maximum absolute atomic E-state index is 11.0. The molecule has 0 amide bonds. The fourth-order valence-electron chi connectivity index (χ4n) is 2.10. The van der Waals surface area contributed by atoms with Gasteiger partial charge < -0.3 is 15.7 Å². The third-order valence-corrected chi connectivity index (χ3v) is 3.30. The number of benzene rings is 1. The van der Waals surface area contributed by atoms with E-state index in [2.05, 4.69) is 24.5 Å². The number of non-ortho nitro benzene ring substituents is 1. The van der Waals surface area contributed by atoms with Crippen molar-refractivity contribution in [3.8, 4) is 0 Å². The second kappa shape index (κ2) is 8.46. The summed E-state index contributed by atoms with van der Waals surface area (Å²) in [6.07, 6.45) is 1.56. The van der Waals surface area contributed by atoms with E-state index in [9.17, 15) is 10.1 Å². The molecule has 0 radical (unpaired) electrons. The van der Waals surface area contributed by atoms with Gasteiger partial charge in [0.1, 0.15) is 0 Å². The molecule has 6 heteroatoms. The van der Waals surface area contributed by atoms with Crippen LogP contribution in [0.15, 0.2) is 18.2 Å². The van der Waals surface area contributed by atoms with Crippen molar-refractivity contribution in [1.29, 1.82) is 0 Å². The van der Waals surface area contributed by atoms with Crippen LogP contribution in [0.1, 0.15) is 33.6 Å². The molecule has 118 valence electrons. The zero-order chi connectivity index (χ0) is 15.8. The molecule has 0 aliphatic heterocycles. The Morgan fingerprint density at radius 2 is 1.95 bits per heavy atom. The molecule has 3 N–H and O–H groups in total. The average Bonchev–Trinajstić information content (AvgIpc) is 2.44. The Morgan fingerprint density at radius 3 is 2.48 bits per heavy atom.